The standard InChI is InChI=1S/C11H21NO/c12-10-7-3-4-8-11(10)13-9-5-1-2-6-9/h9-11H,1-8,12H2/t10-,11-/m0/s1. The minimum atomic E-state index is 0.314. The van der Waals surface area contributed by atoms with Crippen LogP contribution in [0.15, 0.2) is 0 Å². The van der Waals surface area contributed by atoms with Gasteiger partial charge in [-0.15, -0.1) is 0 Å². The molecule has 0 aliphatic heterocycles. The Morgan fingerprint density at radius 1 is 0.846 bits per heavy atom. The molecule has 2 N–H and O–H groups in total. The SMILES string of the molecule is N[C@H]1CCCC[C@@H]1OC1CCCC1. The summed E-state index contributed by atoms with van der Waals surface area (Å²) in [6.45, 7) is 0. The Bertz CT molecular complexity index is 154. The van der Waals surface area contributed by atoms with Gasteiger partial charge in [-0.05, 0) is 25.7 Å². The Labute approximate surface area is 80.8 Å². The summed E-state index contributed by atoms with van der Waals surface area (Å²) >= 11 is 0. The Morgan fingerprint density at radius 3 is 2.15 bits per heavy atom. The minimum Gasteiger partial charge on any atom is -0.373 e. The fraction of sp³-hybridized carbons (Fsp3) is 1.00. The van der Waals surface area contributed by atoms with E-state index in [1.54, 1.807) is 0 Å². The van der Waals surface area contributed by atoms with Crippen LogP contribution in [0.5, 0.6) is 0 Å². The van der Waals surface area contributed by atoms with Crippen molar-refractivity contribution in [3.63, 3.8) is 0 Å². The van der Waals surface area contributed by atoms with E-state index in [9.17, 15) is 0 Å². The largest absolute Gasteiger partial charge is 0.373 e. The summed E-state index contributed by atoms with van der Waals surface area (Å²) in [6.07, 6.45) is 11.1. The lowest BCUT2D eigenvalue weighted by Gasteiger charge is -2.30. The second-order valence-corrected chi connectivity index (χ2v) is 4.53. The molecule has 0 amide bonds. The summed E-state index contributed by atoms with van der Waals surface area (Å²) in [4.78, 5) is 0. The number of nitrogens with two attached hydrogens (primary N) is 1. The van der Waals surface area contributed by atoms with Crippen LogP contribution in [-0.4, -0.2) is 18.2 Å². The van der Waals surface area contributed by atoms with Crippen LogP contribution in [0.4, 0.5) is 0 Å². The maximum Gasteiger partial charge on any atom is 0.0729 e. The monoisotopic (exact) mass is 183 g/mol. The van der Waals surface area contributed by atoms with Crippen molar-refractivity contribution in [1.82, 2.24) is 0 Å². The van der Waals surface area contributed by atoms with Gasteiger partial charge in [0.05, 0.1) is 12.2 Å². The zero-order chi connectivity index (χ0) is 9.10. The first-order valence-corrected chi connectivity index (χ1v) is 5.77. The molecule has 0 unspecified atom stereocenters. The van der Waals surface area contributed by atoms with Crippen LogP contribution in [0.2, 0.25) is 0 Å². The van der Waals surface area contributed by atoms with Gasteiger partial charge in [-0.25, -0.2) is 0 Å². The fourth-order valence-corrected chi connectivity index (χ4v) is 2.57. The molecule has 0 heterocycles. The predicted octanol–water partition coefficient (Wildman–Crippen LogP) is 2.22. The molecule has 2 saturated carbocycles. The Hall–Kier alpha value is -0.0800. The Morgan fingerprint density at radius 2 is 1.46 bits per heavy atom. The number of rotatable bonds is 2. The van der Waals surface area contributed by atoms with Crippen molar-refractivity contribution in [1.29, 1.82) is 0 Å². The van der Waals surface area contributed by atoms with E-state index >= 15 is 0 Å². The van der Waals surface area contributed by atoms with E-state index in [1.165, 1.54) is 44.9 Å². The van der Waals surface area contributed by atoms with Crippen molar-refractivity contribution in [3.8, 4) is 0 Å². The van der Waals surface area contributed by atoms with Gasteiger partial charge in [0.25, 0.3) is 0 Å². The van der Waals surface area contributed by atoms with Gasteiger partial charge in [0.15, 0.2) is 0 Å². The summed E-state index contributed by atoms with van der Waals surface area (Å²) in [6, 6.07) is 0.314. The highest BCUT2D eigenvalue weighted by Crippen LogP contribution is 2.27. The van der Waals surface area contributed by atoms with Crippen LogP contribution >= 0.6 is 0 Å². The summed E-state index contributed by atoms with van der Waals surface area (Å²) in [5.41, 5.74) is 6.03. The molecule has 0 aromatic rings. The maximum atomic E-state index is 6.04. The molecule has 2 fully saturated rings. The van der Waals surface area contributed by atoms with Crippen molar-refractivity contribution in [2.24, 2.45) is 5.73 Å². The van der Waals surface area contributed by atoms with Crippen LogP contribution in [-0.2, 0) is 4.74 Å². The fourth-order valence-electron chi connectivity index (χ4n) is 2.57. The molecule has 2 atom stereocenters. The molecule has 2 rings (SSSR count). The molecule has 0 spiro atoms. The number of hydrogen-bond donors (Lipinski definition) is 1. The van der Waals surface area contributed by atoms with Gasteiger partial charge < -0.3 is 10.5 Å². The van der Waals surface area contributed by atoms with Crippen molar-refractivity contribution >= 4 is 0 Å². The van der Waals surface area contributed by atoms with Gasteiger partial charge in [0, 0.05) is 6.04 Å². The molecule has 2 heteroatoms. The second kappa shape index (κ2) is 4.43. The quantitative estimate of drug-likeness (QED) is 0.712. The third kappa shape index (κ3) is 2.44. The van der Waals surface area contributed by atoms with Crippen molar-refractivity contribution in [3.05, 3.63) is 0 Å². The highest BCUT2D eigenvalue weighted by Gasteiger charge is 2.26. The average molecular weight is 183 g/mol. The van der Waals surface area contributed by atoms with Gasteiger partial charge >= 0.3 is 0 Å². The number of ether oxygens (including phenoxy) is 1. The number of hydrogen-bond acceptors (Lipinski definition) is 2. The van der Waals surface area contributed by atoms with Crippen LogP contribution in [0.3, 0.4) is 0 Å². The van der Waals surface area contributed by atoms with E-state index in [2.05, 4.69) is 0 Å². The van der Waals surface area contributed by atoms with Gasteiger partial charge in [-0.1, -0.05) is 25.7 Å². The van der Waals surface area contributed by atoms with Crippen molar-refractivity contribution in [2.45, 2.75) is 69.6 Å². The highest BCUT2D eigenvalue weighted by atomic mass is 16.5. The van der Waals surface area contributed by atoms with E-state index in [4.69, 9.17) is 10.5 Å². The van der Waals surface area contributed by atoms with E-state index in [-0.39, 0.29) is 0 Å². The maximum absolute atomic E-state index is 6.04. The van der Waals surface area contributed by atoms with Crippen LogP contribution < -0.4 is 5.73 Å². The lowest BCUT2D eigenvalue weighted by atomic mass is 9.93. The average Bonchev–Trinajstić information content (AvgIpc) is 2.61. The van der Waals surface area contributed by atoms with E-state index in [0.717, 1.165) is 6.42 Å². The molecule has 0 aromatic heterocycles. The van der Waals surface area contributed by atoms with Gasteiger partial charge in [0.1, 0.15) is 0 Å². The van der Waals surface area contributed by atoms with Crippen LogP contribution in [0.25, 0.3) is 0 Å². The molecule has 76 valence electrons. The topological polar surface area (TPSA) is 35.2 Å². The molecular weight excluding hydrogens is 162 g/mol. The lowest BCUT2D eigenvalue weighted by Crippen LogP contribution is -2.41. The molecule has 0 saturated heterocycles. The minimum absolute atomic E-state index is 0.314. The van der Waals surface area contributed by atoms with Crippen LogP contribution in [0, 0.1) is 0 Å². The van der Waals surface area contributed by atoms with Crippen molar-refractivity contribution in [2.75, 3.05) is 0 Å². The molecule has 0 bridgehead atoms. The van der Waals surface area contributed by atoms with Gasteiger partial charge in [-0.3, -0.25) is 0 Å². The molecule has 2 aliphatic carbocycles. The third-order valence-electron chi connectivity index (χ3n) is 3.42. The normalized spacial score (nSPS) is 36.7. The first-order chi connectivity index (χ1) is 6.36. The summed E-state index contributed by atoms with van der Waals surface area (Å²) in [5, 5.41) is 0. The molecule has 2 nitrogen and oxygen atoms in total. The highest BCUT2D eigenvalue weighted by molar-refractivity contribution is 4.80. The molecule has 0 aromatic carbocycles. The van der Waals surface area contributed by atoms with Gasteiger partial charge in [-0.2, -0.15) is 0 Å². The second-order valence-electron chi connectivity index (χ2n) is 4.53. The van der Waals surface area contributed by atoms with E-state index in [1.807, 2.05) is 0 Å². The zero-order valence-corrected chi connectivity index (χ0v) is 8.37. The van der Waals surface area contributed by atoms with Crippen molar-refractivity contribution < 1.29 is 4.74 Å². The molecule has 0 radical (unpaired) electrons. The summed E-state index contributed by atoms with van der Waals surface area (Å²) in [7, 11) is 0. The summed E-state index contributed by atoms with van der Waals surface area (Å²) in [5.74, 6) is 0. The lowest BCUT2D eigenvalue weighted by molar-refractivity contribution is -0.0359. The molecule has 2 aliphatic rings. The Kier molecular flexibility index (Phi) is 3.23. The zero-order valence-electron chi connectivity index (χ0n) is 8.37. The Balaban J connectivity index is 1.78. The third-order valence-corrected chi connectivity index (χ3v) is 3.42. The first kappa shape index (κ1) is 9.47. The van der Waals surface area contributed by atoms with E-state index in [0.29, 0.717) is 18.2 Å². The predicted molar refractivity (Wildman–Crippen MR) is 53.6 cm³/mol. The van der Waals surface area contributed by atoms with E-state index < -0.39 is 0 Å². The molecular formula is C11H21NO. The summed E-state index contributed by atoms with van der Waals surface area (Å²) < 4.78 is 6.04. The smallest absolute Gasteiger partial charge is 0.0729 e. The first-order valence-electron chi connectivity index (χ1n) is 5.77. The molecule has 13 heavy (non-hydrogen) atoms. The van der Waals surface area contributed by atoms with Gasteiger partial charge in [0.2, 0.25) is 0 Å². The van der Waals surface area contributed by atoms with Crippen LogP contribution in [0.1, 0.15) is 51.4 Å².